The van der Waals surface area contributed by atoms with Crippen molar-refractivity contribution in [1.82, 2.24) is 49.8 Å². The van der Waals surface area contributed by atoms with Crippen molar-refractivity contribution < 1.29 is 39.0 Å². The van der Waals surface area contributed by atoms with Gasteiger partial charge in [-0.1, -0.05) is 60.7 Å². The molecule has 0 aromatic carbocycles. The molecule has 322 valence electrons. The van der Waals surface area contributed by atoms with Crippen LogP contribution in [-0.2, 0) is 39.0 Å². The molecule has 0 aliphatic carbocycles. The Bertz CT molecular complexity index is 2280. The molecule has 10 aromatic rings. The Hall–Kier alpha value is -7.91. The summed E-state index contributed by atoms with van der Waals surface area (Å²) in [7, 11) is 0. The van der Waals surface area contributed by atoms with Gasteiger partial charge in [-0.25, -0.2) is 0 Å². The van der Waals surface area contributed by atoms with Crippen LogP contribution in [0.25, 0.3) is 45.6 Å². The van der Waals surface area contributed by atoms with Gasteiger partial charge in [-0.15, -0.1) is 0 Å². The Balaban J connectivity index is 0.000000180. The summed E-state index contributed by atoms with van der Waals surface area (Å²) in [5, 5.41) is 7.76. The van der Waals surface area contributed by atoms with E-state index in [9.17, 15) is 0 Å². The van der Waals surface area contributed by atoms with Crippen molar-refractivity contribution in [3.05, 3.63) is 255 Å². The van der Waals surface area contributed by atoms with Crippen LogP contribution in [0.3, 0.4) is 0 Å². The minimum absolute atomic E-state index is 0. The Morgan fingerprint density at radius 2 is 0.379 bits per heavy atom. The molecule has 0 amide bonds. The van der Waals surface area contributed by atoms with Gasteiger partial charge in [0, 0.05) is 62.0 Å². The zero-order valence-corrected chi connectivity index (χ0v) is 38.8. The Labute approximate surface area is 409 Å². The molecule has 14 heteroatoms. The summed E-state index contributed by atoms with van der Waals surface area (Å²) in [6.45, 7) is 0. The normalized spacial score (nSPS) is 9.76. The molecule has 10 heterocycles. The molecule has 0 aliphatic rings. The summed E-state index contributed by atoms with van der Waals surface area (Å²) in [6, 6.07) is 57.6. The van der Waals surface area contributed by atoms with Crippen LogP contribution in [0.5, 0.6) is 0 Å². The number of pyridine rings is 10. The fraction of sp³-hybridized carbons (Fsp3) is 0. The third kappa shape index (κ3) is 18.8. The van der Waals surface area contributed by atoms with E-state index in [2.05, 4.69) is 60.0 Å². The van der Waals surface area contributed by atoms with Gasteiger partial charge in [0.25, 0.3) is 0 Å². The molecule has 0 aliphatic heterocycles. The molecule has 0 unspecified atom stereocenters. The molecule has 0 saturated carbocycles. The van der Waals surface area contributed by atoms with Gasteiger partial charge in [0.2, 0.25) is 0 Å². The van der Waals surface area contributed by atoms with E-state index in [-0.39, 0.29) is 39.0 Å². The van der Waals surface area contributed by atoms with Crippen LogP contribution in [0.15, 0.2) is 254 Å². The summed E-state index contributed by atoms with van der Waals surface area (Å²) in [6.07, 6.45) is 20.8. The molecule has 0 fully saturated rings. The van der Waals surface area contributed by atoms with E-state index in [1.807, 2.05) is 182 Å². The van der Waals surface area contributed by atoms with Crippen molar-refractivity contribution >= 4 is 12.4 Å². The molecule has 0 bridgehead atoms. The molecular formula is C52H42N12Ru2+4. The summed E-state index contributed by atoms with van der Waals surface area (Å²) in [5.41, 5.74) is 8.88. The summed E-state index contributed by atoms with van der Waals surface area (Å²) in [5.74, 6) is 0. The second kappa shape index (κ2) is 31.0. The van der Waals surface area contributed by atoms with E-state index >= 15 is 0 Å². The Kier molecular flexibility index (Phi) is 23.8. The first-order valence-corrected chi connectivity index (χ1v) is 20.0. The number of hydrogen-bond donors (Lipinski definition) is 0. The average molecular weight is 1040 g/mol. The zero-order valence-electron chi connectivity index (χ0n) is 35.3. The minimum Gasteiger partial charge on any atom is -0.255 e. The van der Waals surface area contributed by atoms with Crippen LogP contribution < -0.4 is 0 Å². The van der Waals surface area contributed by atoms with Gasteiger partial charge in [-0.2, -0.15) is 10.2 Å². The summed E-state index contributed by atoms with van der Waals surface area (Å²) < 4.78 is 0. The van der Waals surface area contributed by atoms with Crippen molar-refractivity contribution in [3.8, 4) is 45.6 Å². The maximum atomic E-state index is 4.19. The topological polar surface area (TPSA) is 154 Å². The largest absolute Gasteiger partial charge is 2.00 e. The van der Waals surface area contributed by atoms with E-state index in [1.54, 1.807) is 74.4 Å². The average Bonchev–Trinajstić information content (AvgIpc) is 3.41. The van der Waals surface area contributed by atoms with Gasteiger partial charge in [-0.05, 0) is 121 Å². The molecule has 12 nitrogen and oxygen atoms in total. The van der Waals surface area contributed by atoms with Gasteiger partial charge < -0.3 is 0 Å². The second-order valence-corrected chi connectivity index (χ2v) is 12.7. The molecule has 0 radical (unpaired) electrons. The number of rotatable bonds is 7. The predicted molar refractivity (Wildman–Crippen MR) is 254 cm³/mol. The van der Waals surface area contributed by atoms with Gasteiger partial charge in [0.1, 0.15) is 0 Å². The Morgan fingerprint density at radius 1 is 0.212 bits per heavy atom. The maximum absolute atomic E-state index is 4.19. The van der Waals surface area contributed by atoms with Crippen LogP contribution in [-0.4, -0.2) is 62.3 Å². The first-order chi connectivity index (χ1) is 31.8. The zero-order chi connectivity index (χ0) is 44.0. The summed E-state index contributed by atoms with van der Waals surface area (Å²) >= 11 is 0. The predicted octanol–water partition coefficient (Wildman–Crippen LogP) is 10.5. The SMILES string of the molecule is C(=NN=Cc1ccccn1)c1ccccn1.[Ru+2].[Ru+2].c1ccc(-c2ccccn2)nc1.c1ccc(-c2ccccn2)nc1.c1ccc(-c2ccccn2)nc1.c1ccc(-c2ccccn2)nc1. The Morgan fingerprint density at radius 3 is 0.515 bits per heavy atom. The third-order valence-corrected chi connectivity index (χ3v) is 8.19. The molecule has 66 heavy (non-hydrogen) atoms. The molecule has 0 spiro atoms. The van der Waals surface area contributed by atoms with Crippen molar-refractivity contribution in [3.63, 3.8) is 0 Å². The second-order valence-electron chi connectivity index (χ2n) is 12.7. The fourth-order valence-corrected chi connectivity index (χ4v) is 5.20. The quantitative estimate of drug-likeness (QED) is 0.0856. The third-order valence-electron chi connectivity index (χ3n) is 8.19. The minimum atomic E-state index is 0. The smallest absolute Gasteiger partial charge is 0.255 e. The van der Waals surface area contributed by atoms with Crippen LogP contribution >= 0.6 is 0 Å². The van der Waals surface area contributed by atoms with E-state index in [1.165, 1.54) is 0 Å². The first kappa shape index (κ1) is 50.7. The molecule has 0 saturated heterocycles. The van der Waals surface area contributed by atoms with Gasteiger partial charge in [-0.3, -0.25) is 49.8 Å². The molecule has 10 rings (SSSR count). The van der Waals surface area contributed by atoms with Gasteiger partial charge in [0.15, 0.2) is 0 Å². The number of aromatic nitrogens is 10. The standard InChI is InChI=1S/C12H10N4.4C10H8N2.2Ru/c1-3-7-13-11(5-1)9-15-16-10-12-6-2-4-8-14-12;4*1-3-7-11-9(5-1)10-6-2-4-8-12-10;;/h1-10H;4*1-8H;;/q;;;;;2*+2. The first-order valence-electron chi connectivity index (χ1n) is 20.0. The molecular weight excluding hydrogens is 995 g/mol. The van der Waals surface area contributed by atoms with Crippen LogP contribution in [0, 0.1) is 0 Å². The summed E-state index contributed by atoms with van der Waals surface area (Å²) in [4.78, 5) is 41.7. The van der Waals surface area contributed by atoms with Crippen molar-refractivity contribution in [2.45, 2.75) is 0 Å². The molecule has 0 N–H and O–H groups in total. The molecule has 0 atom stereocenters. The van der Waals surface area contributed by atoms with Crippen molar-refractivity contribution in [2.75, 3.05) is 0 Å². The van der Waals surface area contributed by atoms with E-state index in [0.717, 1.165) is 56.9 Å². The van der Waals surface area contributed by atoms with E-state index < -0.39 is 0 Å². The van der Waals surface area contributed by atoms with Crippen LogP contribution in [0.4, 0.5) is 0 Å². The van der Waals surface area contributed by atoms with E-state index in [0.29, 0.717) is 0 Å². The molecule has 10 aromatic heterocycles. The number of hydrogen-bond acceptors (Lipinski definition) is 12. The number of nitrogens with zero attached hydrogens (tertiary/aromatic N) is 12. The van der Waals surface area contributed by atoms with Crippen molar-refractivity contribution in [1.29, 1.82) is 0 Å². The van der Waals surface area contributed by atoms with E-state index in [4.69, 9.17) is 0 Å². The van der Waals surface area contributed by atoms with Gasteiger partial charge >= 0.3 is 39.0 Å². The van der Waals surface area contributed by atoms with Crippen molar-refractivity contribution in [2.24, 2.45) is 10.2 Å². The van der Waals surface area contributed by atoms with Gasteiger partial charge in [0.05, 0.1) is 69.4 Å². The fourth-order valence-electron chi connectivity index (χ4n) is 5.20. The van der Waals surface area contributed by atoms with Crippen LogP contribution in [0.1, 0.15) is 11.4 Å². The maximum Gasteiger partial charge on any atom is 2.00 e. The van der Waals surface area contributed by atoms with Crippen LogP contribution in [0.2, 0.25) is 0 Å². The monoisotopic (exact) mass is 1040 g/mol.